The molecule has 3 atom stereocenters. The normalized spacial score (nSPS) is 39.2. The third kappa shape index (κ3) is 1.37. The monoisotopic (exact) mass is 194 g/mol. The van der Waals surface area contributed by atoms with Gasteiger partial charge >= 0.3 is 5.97 Å². The molecule has 0 aromatic rings. The van der Waals surface area contributed by atoms with Gasteiger partial charge in [0.1, 0.15) is 0 Å². The van der Waals surface area contributed by atoms with Gasteiger partial charge in [-0.2, -0.15) is 0 Å². The van der Waals surface area contributed by atoms with Gasteiger partial charge in [0.25, 0.3) is 0 Å². The molecule has 2 nitrogen and oxygen atoms in total. The van der Waals surface area contributed by atoms with Gasteiger partial charge in [0.2, 0.25) is 0 Å². The molecule has 0 aromatic heterocycles. The standard InChI is InChI=1S/C12H18O2/c1-2-3-5-12-6-4-9(8-12)7-10(12)11(13)14/h4,6,9-10H,2-3,5,7-8H2,1H3,(H,13,14). The first-order valence-corrected chi connectivity index (χ1v) is 5.60. The molecule has 2 bridgehead atoms. The van der Waals surface area contributed by atoms with Crippen LogP contribution in [0.2, 0.25) is 0 Å². The molecule has 1 N–H and O–H groups in total. The van der Waals surface area contributed by atoms with E-state index in [4.69, 9.17) is 5.11 Å². The van der Waals surface area contributed by atoms with Crippen LogP contribution in [0.5, 0.6) is 0 Å². The molecule has 1 fully saturated rings. The molecule has 0 radical (unpaired) electrons. The Kier molecular flexibility index (Phi) is 2.38. The smallest absolute Gasteiger partial charge is 0.307 e. The van der Waals surface area contributed by atoms with E-state index in [1.54, 1.807) is 0 Å². The lowest BCUT2D eigenvalue weighted by molar-refractivity contribution is -0.144. The largest absolute Gasteiger partial charge is 0.481 e. The van der Waals surface area contributed by atoms with E-state index in [0.717, 1.165) is 32.1 Å². The summed E-state index contributed by atoms with van der Waals surface area (Å²) in [5, 5.41) is 9.17. The third-order valence-electron chi connectivity index (χ3n) is 3.87. The lowest BCUT2D eigenvalue weighted by Gasteiger charge is -2.29. The Labute approximate surface area is 85.0 Å². The van der Waals surface area contributed by atoms with E-state index in [2.05, 4.69) is 19.1 Å². The van der Waals surface area contributed by atoms with Crippen molar-refractivity contribution in [3.63, 3.8) is 0 Å². The first kappa shape index (κ1) is 9.75. The van der Waals surface area contributed by atoms with Crippen molar-refractivity contribution in [1.82, 2.24) is 0 Å². The van der Waals surface area contributed by atoms with Crippen molar-refractivity contribution >= 4 is 5.97 Å². The number of rotatable bonds is 4. The molecule has 14 heavy (non-hydrogen) atoms. The highest BCUT2D eigenvalue weighted by atomic mass is 16.4. The van der Waals surface area contributed by atoms with Gasteiger partial charge in [-0.3, -0.25) is 4.79 Å². The number of fused-ring (bicyclic) bond motifs is 2. The first-order valence-electron chi connectivity index (χ1n) is 5.60. The fraction of sp³-hybridized carbons (Fsp3) is 0.750. The Hall–Kier alpha value is -0.790. The number of hydrogen-bond donors (Lipinski definition) is 1. The fourth-order valence-corrected chi connectivity index (χ4v) is 3.12. The minimum atomic E-state index is -0.590. The number of unbranched alkanes of at least 4 members (excludes halogenated alkanes) is 1. The molecule has 1 saturated carbocycles. The highest BCUT2D eigenvalue weighted by Crippen LogP contribution is 2.55. The lowest BCUT2D eigenvalue weighted by atomic mass is 9.74. The molecule has 2 heteroatoms. The highest BCUT2D eigenvalue weighted by Gasteiger charge is 2.51. The minimum Gasteiger partial charge on any atom is -0.481 e. The molecule has 3 unspecified atom stereocenters. The van der Waals surface area contributed by atoms with Crippen LogP contribution in [0.1, 0.15) is 39.0 Å². The predicted octanol–water partition coefficient (Wildman–Crippen LogP) is 2.84. The summed E-state index contributed by atoms with van der Waals surface area (Å²) in [6, 6.07) is 0. The van der Waals surface area contributed by atoms with Crippen molar-refractivity contribution in [3.05, 3.63) is 12.2 Å². The summed E-state index contributed by atoms with van der Waals surface area (Å²) in [5.74, 6) is -0.148. The van der Waals surface area contributed by atoms with Crippen molar-refractivity contribution in [2.75, 3.05) is 0 Å². The maximum Gasteiger partial charge on any atom is 0.307 e. The summed E-state index contributed by atoms with van der Waals surface area (Å²) in [4.78, 5) is 11.1. The van der Waals surface area contributed by atoms with Gasteiger partial charge in [-0.15, -0.1) is 0 Å². The van der Waals surface area contributed by atoms with Crippen LogP contribution in [-0.2, 0) is 4.79 Å². The molecule has 0 aromatic carbocycles. The van der Waals surface area contributed by atoms with E-state index < -0.39 is 5.97 Å². The molecule has 2 rings (SSSR count). The SMILES string of the molecule is CCCCC12C=CC(CC1C(=O)O)C2. The quantitative estimate of drug-likeness (QED) is 0.699. The lowest BCUT2D eigenvalue weighted by Crippen LogP contribution is -2.29. The number of hydrogen-bond acceptors (Lipinski definition) is 1. The van der Waals surface area contributed by atoms with Crippen LogP contribution in [0.3, 0.4) is 0 Å². The van der Waals surface area contributed by atoms with Gasteiger partial charge in [-0.25, -0.2) is 0 Å². The predicted molar refractivity (Wildman–Crippen MR) is 54.9 cm³/mol. The number of carbonyl (C=O) groups is 1. The molecule has 2 aliphatic carbocycles. The van der Waals surface area contributed by atoms with Crippen molar-refractivity contribution in [3.8, 4) is 0 Å². The molecule has 0 amide bonds. The molecule has 0 heterocycles. The zero-order valence-corrected chi connectivity index (χ0v) is 8.70. The van der Waals surface area contributed by atoms with Crippen molar-refractivity contribution in [2.24, 2.45) is 17.3 Å². The van der Waals surface area contributed by atoms with E-state index in [0.29, 0.717) is 5.92 Å². The van der Waals surface area contributed by atoms with Crippen LogP contribution in [0.4, 0.5) is 0 Å². The average Bonchev–Trinajstić information content (AvgIpc) is 2.71. The number of carboxylic acid groups (broad SMARTS) is 1. The van der Waals surface area contributed by atoms with Gasteiger partial charge in [-0.1, -0.05) is 31.9 Å². The van der Waals surface area contributed by atoms with Crippen molar-refractivity contribution < 1.29 is 9.90 Å². The number of carboxylic acids is 1. The van der Waals surface area contributed by atoms with E-state index in [1.807, 2.05) is 0 Å². The summed E-state index contributed by atoms with van der Waals surface area (Å²) >= 11 is 0. The molecule has 0 spiro atoms. The Morgan fingerprint density at radius 2 is 2.43 bits per heavy atom. The summed E-state index contributed by atoms with van der Waals surface area (Å²) in [5.41, 5.74) is 0.0203. The Balaban J connectivity index is 2.13. The minimum absolute atomic E-state index is 0.0203. The second-order valence-electron chi connectivity index (χ2n) is 4.79. The summed E-state index contributed by atoms with van der Waals surface area (Å²) in [6.45, 7) is 2.16. The second-order valence-corrected chi connectivity index (χ2v) is 4.79. The highest BCUT2D eigenvalue weighted by molar-refractivity contribution is 5.72. The zero-order chi connectivity index (χ0) is 10.2. The summed E-state index contributed by atoms with van der Waals surface area (Å²) in [7, 11) is 0. The summed E-state index contributed by atoms with van der Waals surface area (Å²) < 4.78 is 0. The van der Waals surface area contributed by atoms with Gasteiger partial charge in [0.15, 0.2) is 0 Å². The fourth-order valence-electron chi connectivity index (χ4n) is 3.12. The van der Waals surface area contributed by atoms with Crippen LogP contribution in [-0.4, -0.2) is 11.1 Å². The Bertz CT molecular complexity index is 269. The number of aliphatic carboxylic acids is 1. The zero-order valence-electron chi connectivity index (χ0n) is 8.70. The molecule has 0 saturated heterocycles. The van der Waals surface area contributed by atoms with Gasteiger partial charge < -0.3 is 5.11 Å². The van der Waals surface area contributed by atoms with Crippen LogP contribution >= 0.6 is 0 Å². The second kappa shape index (κ2) is 3.41. The van der Waals surface area contributed by atoms with E-state index >= 15 is 0 Å². The van der Waals surface area contributed by atoms with Gasteiger partial charge in [0, 0.05) is 5.41 Å². The third-order valence-corrected chi connectivity index (χ3v) is 3.87. The number of allylic oxidation sites excluding steroid dienone is 2. The maximum atomic E-state index is 11.1. The molecule has 0 aliphatic heterocycles. The molecular formula is C12H18O2. The van der Waals surface area contributed by atoms with Crippen LogP contribution in [0.15, 0.2) is 12.2 Å². The average molecular weight is 194 g/mol. The van der Waals surface area contributed by atoms with Crippen molar-refractivity contribution in [2.45, 2.75) is 39.0 Å². The van der Waals surface area contributed by atoms with Gasteiger partial charge in [0.05, 0.1) is 5.92 Å². The van der Waals surface area contributed by atoms with Gasteiger partial charge in [-0.05, 0) is 25.2 Å². The summed E-state index contributed by atoms with van der Waals surface area (Å²) in [6.07, 6.45) is 9.76. The first-order chi connectivity index (χ1) is 6.68. The topological polar surface area (TPSA) is 37.3 Å². The van der Waals surface area contributed by atoms with Crippen LogP contribution < -0.4 is 0 Å². The van der Waals surface area contributed by atoms with E-state index in [1.165, 1.54) is 0 Å². The van der Waals surface area contributed by atoms with E-state index in [-0.39, 0.29) is 11.3 Å². The van der Waals surface area contributed by atoms with Crippen LogP contribution in [0, 0.1) is 17.3 Å². The van der Waals surface area contributed by atoms with Crippen molar-refractivity contribution in [1.29, 1.82) is 0 Å². The molecule has 78 valence electrons. The molecule has 2 aliphatic rings. The Morgan fingerprint density at radius 3 is 3.00 bits per heavy atom. The van der Waals surface area contributed by atoms with Crippen LogP contribution in [0.25, 0.3) is 0 Å². The Morgan fingerprint density at radius 1 is 1.64 bits per heavy atom. The molecular weight excluding hydrogens is 176 g/mol. The maximum absolute atomic E-state index is 11.1. The van der Waals surface area contributed by atoms with E-state index in [9.17, 15) is 4.79 Å².